The number of nitrogens with one attached hydrogen (secondary N) is 1. The van der Waals surface area contributed by atoms with Gasteiger partial charge in [0.1, 0.15) is 0 Å². The van der Waals surface area contributed by atoms with Crippen molar-refractivity contribution in [2.75, 3.05) is 13.1 Å². The summed E-state index contributed by atoms with van der Waals surface area (Å²) in [6.45, 7) is 13.5. The van der Waals surface area contributed by atoms with E-state index in [0.717, 1.165) is 57.0 Å². The fourth-order valence-electron chi connectivity index (χ4n) is 7.59. The molecule has 0 aromatic rings. The number of hydrogen-bond donors (Lipinski definition) is 2. The van der Waals surface area contributed by atoms with E-state index in [1.54, 1.807) is 0 Å². The third kappa shape index (κ3) is 5.63. The molecule has 3 aliphatic carbocycles. The Bertz CT molecular complexity index is 716. The zero-order chi connectivity index (χ0) is 23.7. The molecule has 4 nitrogen and oxygen atoms in total. The number of carbonyl (C=O) groups is 1. The quantitative estimate of drug-likeness (QED) is 0.532. The number of fused-ring (bicyclic) bond motifs is 1. The molecule has 4 rings (SSSR count). The molecule has 2 N–H and O–H groups in total. The van der Waals surface area contributed by atoms with Crippen LogP contribution in [0.15, 0.2) is 11.3 Å². The Hall–Kier alpha value is -1.03. The van der Waals surface area contributed by atoms with Gasteiger partial charge in [-0.05, 0) is 100 Å². The molecule has 0 spiro atoms. The molecule has 4 heteroatoms. The van der Waals surface area contributed by atoms with Crippen molar-refractivity contribution in [1.82, 2.24) is 10.2 Å². The molecule has 8 unspecified atom stereocenters. The molecule has 3 saturated carbocycles. The van der Waals surface area contributed by atoms with Crippen LogP contribution in [-0.2, 0) is 4.79 Å². The summed E-state index contributed by atoms with van der Waals surface area (Å²) in [5.74, 6) is 4.35. The minimum absolute atomic E-state index is 0.132. The van der Waals surface area contributed by atoms with E-state index in [1.807, 2.05) is 0 Å². The number of rotatable bonds is 6. The minimum Gasteiger partial charge on any atom is -0.393 e. The molecule has 0 aromatic heterocycles. The van der Waals surface area contributed by atoms with Gasteiger partial charge in [-0.15, -0.1) is 0 Å². The largest absolute Gasteiger partial charge is 0.393 e. The maximum atomic E-state index is 13.1. The van der Waals surface area contributed by atoms with Crippen LogP contribution >= 0.6 is 0 Å². The van der Waals surface area contributed by atoms with Crippen LogP contribution in [0.3, 0.4) is 0 Å². The lowest BCUT2D eigenvalue weighted by molar-refractivity contribution is -0.127. The average Bonchev–Trinajstić information content (AvgIpc) is 3.04. The number of allylic oxidation sites excluding steroid dienone is 1. The number of amides is 1. The standard InChI is InChI=1S/C29H50N2O2/c1-18(2)24-8-6-7-22(13-24)16-30-29(33)25-11-12-27-26(15-25)20(4)21(5)31(27)17-23-10-9-19(3)28(32)14-23/h18-19,22-28,32H,6-17H2,1-5H3,(H,30,33). The van der Waals surface area contributed by atoms with Crippen molar-refractivity contribution in [1.29, 1.82) is 0 Å². The van der Waals surface area contributed by atoms with Crippen LogP contribution in [0.2, 0.25) is 0 Å². The van der Waals surface area contributed by atoms with Gasteiger partial charge < -0.3 is 15.3 Å². The van der Waals surface area contributed by atoms with Crippen molar-refractivity contribution in [2.24, 2.45) is 41.4 Å². The van der Waals surface area contributed by atoms with Crippen LogP contribution in [0.4, 0.5) is 0 Å². The summed E-state index contributed by atoms with van der Waals surface area (Å²) in [7, 11) is 0. The molecule has 1 heterocycles. The van der Waals surface area contributed by atoms with E-state index >= 15 is 0 Å². The highest BCUT2D eigenvalue weighted by atomic mass is 16.3. The van der Waals surface area contributed by atoms with Gasteiger partial charge in [-0.3, -0.25) is 4.79 Å². The predicted octanol–water partition coefficient (Wildman–Crippen LogP) is 5.76. The van der Waals surface area contributed by atoms with Crippen molar-refractivity contribution < 1.29 is 9.90 Å². The molecule has 3 fully saturated rings. The summed E-state index contributed by atoms with van der Waals surface area (Å²) in [5.41, 5.74) is 2.95. The molecule has 4 aliphatic rings. The Morgan fingerprint density at radius 3 is 2.55 bits per heavy atom. The summed E-state index contributed by atoms with van der Waals surface area (Å²) in [5, 5.41) is 13.8. The Morgan fingerprint density at radius 2 is 1.82 bits per heavy atom. The number of carbonyl (C=O) groups excluding carboxylic acids is 1. The van der Waals surface area contributed by atoms with Gasteiger partial charge in [0.15, 0.2) is 0 Å². The van der Waals surface area contributed by atoms with Crippen LogP contribution in [-0.4, -0.2) is 41.1 Å². The minimum atomic E-state index is -0.132. The molecule has 0 saturated heterocycles. The monoisotopic (exact) mass is 458 g/mol. The normalized spacial score (nSPS) is 39.7. The van der Waals surface area contributed by atoms with Crippen molar-refractivity contribution in [3.05, 3.63) is 11.3 Å². The van der Waals surface area contributed by atoms with Crippen molar-refractivity contribution in [2.45, 2.75) is 111 Å². The maximum Gasteiger partial charge on any atom is 0.223 e. The van der Waals surface area contributed by atoms with Gasteiger partial charge in [0, 0.05) is 36.7 Å². The van der Waals surface area contributed by atoms with Crippen molar-refractivity contribution >= 4 is 5.91 Å². The molecule has 188 valence electrons. The third-order valence-electron chi connectivity index (χ3n) is 10.2. The second-order valence-corrected chi connectivity index (χ2v) is 12.6. The van der Waals surface area contributed by atoms with E-state index in [1.165, 1.54) is 43.4 Å². The van der Waals surface area contributed by atoms with Crippen LogP contribution in [0, 0.1) is 41.4 Å². The Morgan fingerprint density at radius 1 is 1.03 bits per heavy atom. The maximum absolute atomic E-state index is 13.1. The van der Waals surface area contributed by atoms with Crippen molar-refractivity contribution in [3.8, 4) is 0 Å². The van der Waals surface area contributed by atoms with E-state index in [0.29, 0.717) is 35.6 Å². The van der Waals surface area contributed by atoms with Crippen molar-refractivity contribution in [3.63, 3.8) is 0 Å². The van der Waals surface area contributed by atoms with Gasteiger partial charge in [-0.1, -0.05) is 33.6 Å². The zero-order valence-electron chi connectivity index (χ0n) is 22.0. The molecule has 0 bridgehead atoms. The van der Waals surface area contributed by atoms with Gasteiger partial charge in [-0.25, -0.2) is 0 Å². The van der Waals surface area contributed by atoms with E-state index in [9.17, 15) is 9.90 Å². The SMILES string of the molecule is CC1=C(C)N(CC2CCC(C)C(O)C2)C2CCC(C(=O)NCC3CCCC(C(C)C)C3)CC12. The summed E-state index contributed by atoms with van der Waals surface area (Å²) in [6, 6.07) is 0.565. The van der Waals surface area contributed by atoms with Crippen LogP contribution in [0.1, 0.15) is 98.8 Å². The number of hydrogen-bond acceptors (Lipinski definition) is 3. The molecule has 8 atom stereocenters. The lowest BCUT2D eigenvalue weighted by atomic mass is 9.75. The van der Waals surface area contributed by atoms with Gasteiger partial charge >= 0.3 is 0 Å². The topological polar surface area (TPSA) is 52.6 Å². The molecule has 0 radical (unpaired) electrons. The summed E-state index contributed by atoms with van der Waals surface area (Å²) in [4.78, 5) is 15.8. The highest BCUT2D eigenvalue weighted by Gasteiger charge is 2.43. The fourth-order valence-corrected chi connectivity index (χ4v) is 7.59. The van der Waals surface area contributed by atoms with E-state index in [-0.39, 0.29) is 12.0 Å². The molecule has 1 amide bonds. The lowest BCUT2D eigenvalue weighted by Crippen LogP contribution is -2.45. The highest BCUT2D eigenvalue weighted by Crippen LogP contribution is 2.45. The average molecular weight is 459 g/mol. The number of aliphatic hydroxyl groups excluding tert-OH is 1. The van der Waals surface area contributed by atoms with Crippen LogP contribution in [0.5, 0.6) is 0 Å². The van der Waals surface area contributed by atoms with E-state index in [4.69, 9.17) is 0 Å². The number of aliphatic hydroxyl groups is 1. The lowest BCUT2D eigenvalue weighted by Gasteiger charge is -2.41. The molecular formula is C29H50N2O2. The van der Waals surface area contributed by atoms with E-state index < -0.39 is 0 Å². The Labute approximate surface area is 203 Å². The second-order valence-electron chi connectivity index (χ2n) is 12.6. The first-order chi connectivity index (χ1) is 15.7. The second kappa shape index (κ2) is 10.7. The van der Waals surface area contributed by atoms with E-state index in [2.05, 4.69) is 44.8 Å². The predicted molar refractivity (Wildman–Crippen MR) is 136 cm³/mol. The number of nitrogens with zero attached hydrogens (tertiary/aromatic N) is 1. The van der Waals surface area contributed by atoms with Gasteiger partial charge in [0.25, 0.3) is 0 Å². The highest BCUT2D eigenvalue weighted by molar-refractivity contribution is 5.78. The first-order valence-electron chi connectivity index (χ1n) is 14.1. The summed E-state index contributed by atoms with van der Waals surface area (Å²) >= 11 is 0. The zero-order valence-corrected chi connectivity index (χ0v) is 22.0. The summed E-state index contributed by atoms with van der Waals surface area (Å²) in [6.07, 6.45) is 11.6. The van der Waals surface area contributed by atoms with Gasteiger partial charge in [-0.2, -0.15) is 0 Å². The molecule has 33 heavy (non-hydrogen) atoms. The van der Waals surface area contributed by atoms with Crippen LogP contribution < -0.4 is 5.32 Å². The first kappa shape index (κ1) is 25.1. The Kier molecular flexibility index (Phi) is 8.14. The third-order valence-corrected chi connectivity index (χ3v) is 10.2. The van der Waals surface area contributed by atoms with Gasteiger partial charge in [0.2, 0.25) is 5.91 Å². The van der Waals surface area contributed by atoms with Gasteiger partial charge in [0.05, 0.1) is 6.10 Å². The molecule has 1 aliphatic heterocycles. The smallest absolute Gasteiger partial charge is 0.223 e. The summed E-state index contributed by atoms with van der Waals surface area (Å²) < 4.78 is 0. The Balaban J connectivity index is 1.29. The fraction of sp³-hybridized carbons (Fsp3) is 0.897. The van der Waals surface area contributed by atoms with Crippen LogP contribution in [0.25, 0.3) is 0 Å². The molecule has 0 aromatic carbocycles. The molecular weight excluding hydrogens is 408 g/mol. The first-order valence-corrected chi connectivity index (χ1v) is 14.1.